The third kappa shape index (κ3) is 33.7. The minimum Gasteiger partial charge on any atom is -0.481 e. The van der Waals surface area contributed by atoms with Crippen molar-refractivity contribution >= 4 is 41.5 Å². The molecule has 15 heteroatoms. The average Bonchev–Trinajstić information content (AvgIpc) is 2.63. The molecular formula is C18H30O15. The second-order valence-corrected chi connectivity index (χ2v) is 6.18. The number of hydrogen-bond donors (Lipinski definition) is 8. The molecule has 0 aliphatic heterocycles. The number of Topliss-reactive ketones (excluding diaryl/α,β-unsaturated/α-hetero) is 3. The van der Waals surface area contributed by atoms with E-state index in [0.717, 1.165) is 0 Å². The molecule has 0 aliphatic rings. The average molecular weight is 486 g/mol. The van der Waals surface area contributed by atoms with Crippen LogP contribution in [-0.2, 0) is 33.6 Å². The van der Waals surface area contributed by atoms with Crippen LogP contribution in [0.1, 0.15) is 40.0 Å². The van der Waals surface area contributed by atoms with Crippen molar-refractivity contribution < 1.29 is 74.4 Å². The summed E-state index contributed by atoms with van der Waals surface area (Å²) in [4.78, 5) is 68.3. The Bertz CT molecular complexity index is 545. The van der Waals surface area contributed by atoms with Gasteiger partial charge < -0.3 is 45.6 Å². The first-order valence-corrected chi connectivity index (χ1v) is 8.84. The lowest BCUT2D eigenvalue weighted by atomic mass is 10.0. The number of carboxylic acid groups (broad SMARTS) is 3. The van der Waals surface area contributed by atoms with Crippen LogP contribution in [0.25, 0.3) is 0 Å². The highest BCUT2D eigenvalue weighted by molar-refractivity contribution is 5.93. The van der Waals surface area contributed by atoms with Crippen LogP contribution in [0.4, 0.5) is 0 Å². The maximum absolute atomic E-state index is 9.90. The number of carboxylic acids is 3. The van der Waals surface area contributed by atoms with Crippen molar-refractivity contribution in [2.24, 2.45) is 0 Å². The van der Waals surface area contributed by atoms with Gasteiger partial charge in [0.25, 0.3) is 0 Å². The molecule has 0 radical (unpaired) electrons. The van der Waals surface area contributed by atoms with E-state index in [1.807, 2.05) is 0 Å². The van der Waals surface area contributed by atoms with Crippen molar-refractivity contribution in [1.29, 1.82) is 0 Å². The van der Waals surface area contributed by atoms with Gasteiger partial charge in [-0.1, -0.05) is 0 Å². The molecule has 0 aromatic heterocycles. The Kier molecular flexibility index (Phi) is 24.9. The van der Waals surface area contributed by atoms with Gasteiger partial charge in [0.15, 0.2) is 6.29 Å². The Morgan fingerprint density at radius 1 is 0.636 bits per heavy atom. The predicted octanol–water partition coefficient (Wildman–Crippen LogP) is -3.23. The lowest BCUT2D eigenvalue weighted by Crippen LogP contribution is -2.46. The number of carbonyl (C=O) groups excluding carboxylic acids is 4. The van der Waals surface area contributed by atoms with Crippen LogP contribution in [0.2, 0.25) is 0 Å². The Balaban J connectivity index is -0.000000176. The van der Waals surface area contributed by atoms with Gasteiger partial charge in [0.2, 0.25) is 0 Å². The third-order valence-electron chi connectivity index (χ3n) is 2.62. The van der Waals surface area contributed by atoms with E-state index >= 15 is 0 Å². The van der Waals surface area contributed by atoms with Gasteiger partial charge in [-0.2, -0.15) is 0 Å². The van der Waals surface area contributed by atoms with Crippen LogP contribution in [0.15, 0.2) is 0 Å². The topological polar surface area (TPSA) is 281 Å². The molecule has 0 bridgehead atoms. The van der Waals surface area contributed by atoms with Crippen LogP contribution >= 0.6 is 0 Å². The molecule has 0 unspecified atom stereocenters. The monoisotopic (exact) mass is 486 g/mol. The summed E-state index contributed by atoms with van der Waals surface area (Å²) in [5.74, 6) is -4.12. The molecule has 0 aliphatic carbocycles. The van der Waals surface area contributed by atoms with E-state index in [-0.39, 0.29) is 42.9 Å². The number of aldehydes is 1. The molecule has 0 aromatic carbocycles. The minimum atomic E-state index is -1.79. The van der Waals surface area contributed by atoms with E-state index in [9.17, 15) is 33.6 Å². The molecular weight excluding hydrogens is 456 g/mol. The van der Waals surface area contributed by atoms with Crippen molar-refractivity contribution in [3.05, 3.63) is 0 Å². The second kappa shape index (κ2) is 22.1. The molecule has 192 valence electrons. The summed E-state index contributed by atoms with van der Waals surface area (Å²) in [6, 6.07) is 0. The third-order valence-corrected chi connectivity index (χ3v) is 2.62. The highest BCUT2D eigenvalue weighted by Gasteiger charge is 2.29. The van der Waals surface area contributed by atoms with Crippen LogP contribution < -0.4 is 0 Å². The zero-order chi connectivity index (χ0) is 27.3. The second-order valence-electron chi connectivity index (χ2n) is 6.18. The van der Waals surface area contributed by atoms with Gasteiger partial charge in [0.05, 0.1) is 6.61 Å². The summed E-state index contributed by atoms with van der Waals surface area (Å²) in [6.07, 6.45) is -7.92. The Morgan fingerprint density at radius 2 is 0.909 bits per heavy atom. The zero-order valence-corrected chi connectivity index (χ0v) is 18.2. The first kappa shape index (κ1) is 37.2. The standard InChI is InChI=1S/C6H12O6.3C4H6O3/c7-1-3(9)5(11)6(12)4(10)2-8;3*1-3(5)2-4(6)7/h1,3-6,8-12H,2H2;3*2H2,1H3,(H,6,7)/t3-,4+,5+,6+;;;/m0.../s1. The maximum Gasteiger partial charge on any atom is 0.310 e. The molecule has 0 saturated heterocycles. The maximum atomic E-state index is 9.90. The molecule has 0 rings (SSSR count). The lowest BCUT2D eigenvalue weighted by molar-refractivity contribution is -0.141. The molecule has 0 amide bonds. The fourth-order valence-electron chi connectivity index (χ4n) is 1.26. The van der Waals surface area contributed by atoms with Gasteiger partial charge in [-0.25, -0.2) is 0 Å². The first-order valence-electron chi connectivity index (χ1n) is 8.84. The number of aliphatic carboxylic acids is 3. The number of carbonyl (C=O) groups is 7. The van der Waals surface area contributed by atoms with Crippen molar-refractivity contribution in [3.8, 4) is 0 Å². The van der Waals surface area contributed by atoms with Crippen molar-refractivity contribution in [3.63, 3.8) is 0 Å². The van der Waals surface area contributed by atoms with Crippen LogP contribution in [-0.4, -0.2) is 113 Å². The molecule has 0 saturated carbocycles. The van der Waals surface area contributed by atoms with E-state index in [2.05, 4.69) is 0 Å². The number of aliphatic hydroxyl groups is 5. The molecule has 33 heavy (non-hydrogen) atoms. The van der Waals surface area contributed by atoms with E-state index in [0.29, 0.717) is 0 Å². The molecule has 0 spiro atoms. The molecule has 0 aromatic rings. The van der Waals surface area contributed by atoms with Gasteiger partial charge in [-0.15, -0.1) is 0 Å². The largest absolute Gasteiger partial charge is 0.481 e. The van der Waals surface area contributed by atoms with Crippen LogP contribution in [0.5, 0.6) is 0 Å². The van der Waals surface area contributed by atoms with Gasteiger partial charge >= 0.3 is 17.9 Å². The molecule has 15 nitrogen and oxygen atoms in total. The summed E-state index contributed by atoms with van der Waals surface area (Å²) in [6.45, 7) is 2.97. The number of ketones is 3. The Labute approximate surface area is 187 Å². The number of hydrogen-bond acceptors (Lipinski definition) is 12. The van der Waals surface area contributed by atoms with E-state index in [1.165, 1.54) is 20.8 Å². The van der Waals surface area contributed by atoms with Crippen molar-refractivity contribution in [2.75, 3.05) is 6.61 Å². The minimum absolute atomic E-state index is 0.0258. The molecule has 0 fully saturated rings. The fraction of sp³-hybridized carbons (Fsp3) is 0.611. The SMILES string of the molecule is CC(=O)CC(=O)O.CC(=O)CC(=O)O.CC(=O)CC(=O)O.O=C[C@H](O)[C@@H](O)[C@H](O)[C@H](O)CO. The summed E-state index contributed by atoms with van der Waals surface area (Å²) in [5, 5.41) is 67.1. The van der Waals surface area contributed by atoms with Gasteiger partial charge in [-0.3, -0.25) is 28.8 Å². The van der Waals surface area contributed by atoms with Crippen LogP contribution in [0.3, 0.4) is 0 Å². The first-order chi connectivity index (χ1) is 14.9. The van der Waals surface area contributed by atoms with E-state index in [4.69, 9.17) is 40.9 Å². The number of rotatable bonds is 11. The smallest absolute Gasteiger partial charge is 0.310 e. The summed E-state index contributed by atoms with van der Waals surface area (Å²) in [5.41, 5.74) is 0. The summed E-state index contributed by atoms with van der Waals surface area (Å²) < 4.78 is 0. The predicted molar refractivity (Wildman–Crippen MR) is 106 cm³/mol. The lowest BCUT2D eigenvalue weighted by Gasteiger charge is -2.22. The summed E-state index contributed by atoms with van der Waals surface area (Å²) >= 11 is 0. The zero-order valence-electron chi connectivity index (χ0n) is 18.2. The van der Waals surface area contributed by atoms with Crippen molar-refractivity contribution in [1.82, 2.24) is 0 Å². The molecule has 8 N–H and O–H groups in total. The highest BCUT2D eigenvalue weighted by Crippen LogP contribution is 2.02. The van der Waals surface area contributed by atoms with Gasteiger partial charge in [0, 0.05) is 0 Å². The molecule has 4 atom stereocenters. The van der Waals surface area contributed by atoms with Crippen molar-refractivity contribution in [2.45, 2.75) is 64.4 Å². The Hall–Kier alpha value is -3.11. The van der Waals surface area contributed by atoms with Crippen LogP contribution in [0, 0.1) is 0 Å². The summed E-state index contributed by atoms with van der Waals surface area (Å²) in [7, 11) is 0. The van der Waals surface area contributed by atoms with Gasteiger partial charge in [-0.05, 0) is 20.8 Å². The fourth-order valence-corrected chi connectivity index (χ4v) is 1.26. The van der Waals surface area contributed by atoms with E-state index in [1.54, 1.807) is 0 Å². The molecule has 0 heterocycles. The number of aliphatic hydroxyl groups excluding tert-OH is 5. The van der Waals surface area contributed by atoms with Gasteiger partial charge in [0.1, 0.15) is 61.0 Å². The highest BCUT2D eigenvalue weighted by atomic mass is 16.4. The quantitative estimate of drug-likeness (QED) is 0.105. The Morgan fingerprint density at radius 3 is 1.03 bits per heavy atom. The van der Waals surface area contributed by atoms with E-state index < -0.39 is 48.9 Å². The normalized spacial score (nSPS) is 12.8.